The van der Waals surface area contributed by atoms with Crippen LogP contribution >= 0.6 is 35.5 Å². The highest BCUT2D eigenvalue weighted by Gasteiger charge is 2.32. The maximum absolute atomic E-state index is 12.6. The van der Waals surface area contributed by atoms with Gasteiger partial charge in [-0.1, -0.05) is 11.8 Å². The SMILES string of the molecule is Cl.O=C(c1sccc1SC(F)F)N1CC[C@@H]2CNC[C@@H]2CC1. The van der Waals surface area contributed by atoms with E-state index in [2.05, 4.69) is 5.32 Å². The molecular weight excluding hydrogens is 350 g/mol. The van der Waals surface area contributed by atoms with Gasteiger partial charge in [0.25, 0.3) is 11.7 Å². The molecule has 2 fully saturated rings. The van der Waals surface area contributed by atoms with Crippen LogP contribution in [0.4, 0.5) is 8.78 Å². The molecule has 1 aromatic rings. The Morgan fingerprint density at radius 2 is 1.95 bits per heavy atom. The van der Waals surface area contributed by atoms with Gasteiger partial charge in [0, 0.05) is 18.0 Å². The van der Waals surface area contributed by atoms with Crippen LogP contribution in [0.2, 0.25) is 0 Å². The number of nitrogens with zero attached hydrogens (tertiary/aromatic N) is 1. The van der Waals surface area contributed by atoms with E-state index >= 15 is 0 Å². The smallest absolute Gasteiger partial charge is 0.288 e. The molecule has 0 aliphatic carbocycles. The molecule has 0 spiro atoms. The number of halogens is 3. The molecule has 2 atom stereocenters. The van der Waals surface area contributed by atoms with Gasteiger partial charge in [-0.25, -0.2) is 0 Å². The molecule has 8 heteroatoms. The third-order valence-electron chi connectivity index (χ3n) is 4.35. The molecule has 0 radical (unpaired) electrons. The second-order valence-corrected chi connectivity index (χ2v) is 7.49. The largest absolute Gasteiger partial charge is 0.338 e. The molecule has 124 valence electrons. The van der Waals surface area contributed by atoms with Crippen molar-refractivity contribution in [2.75, 3.05) is 26.2 Å². The molecule has 3 heterocycles. The summed E-state index contributed by atoms with van der Waals surface area (Å²) in [6.45, 7) is 3.55. The fraction of sp³-hybridized carbons (Fsp3) is 0.643. The zero-order valence-corrected chi connectivity index (χ0v) is 14.4. The summed E-state index contributed by atoms with van der Waals surface area (Å²) in [4.78, 5) is 15.3. The third kappa shape index (κ3) is 3.93. The van der Waals surface area contributed by atoms with Crippen molar-refractivity contribution in [1.82, 2.24) is 10.2 Å². The lowest BCUT2D eigenvalue weighted by molar-refractivity contribution is 0.0760. The first-order valence-electron chi connectivity index (χ1n) is 7.17. The second kappa shape index (κ2) is 7.95. The van der Waals surface area contributed by atoms with E-state index in [9.17, 15) is 13.6 Å². The van der Waals surface area contributed by atoms with Crippen molar-refractivity contribution in [3.63, 3.8) is 0 Å². The highest BCUT2D eigenvalue weighted by molar-refractivity contribution is 7.99. The number of carbonyl (C=O) groups excluding carboxylic acids is 1. The number of thioether (sulfide) groups is 1. The summed E-state index contributed by atoms with van der Waals surface area (Å²) in [5.41, 5.74) is 0. The van der Waals surface area contributed by atoms with Crippen LogP contribution in [0, 0.1) is 11.8 Å². The maximum atomic E-state index is 12.6. The van der Waals surface area contributed by atoms with E-state index < -0.39 is 5.76 Å². The molecule has 2 aliphatic heterocycles. The normalized spacial score (nSPS) is 24.8. The van der Waals surface area contributed by atoms with Gasteiger partial charge in [-0.05, 0) is 49.2 Å². The fourth-order valence-corrected chi connectivity index (χ4v) is 4.87. The van der Waals surface area contributed by atoms with Crippen LogP contribution in [-0.2, 0) is 0 Å². The Balaban J connectivity index is 0.00000176. The van der Waals surface area contributed by atoms with E-state index in [0.29, 0.717) is 33.4 Å². The van der Waals surface area contributed by atoms with Gasteiger partial charge < -0.3 is 10.2 Å². The second-order valence-electron chi connectivity index (χ2n) is 5.54. The molecule has 0 aromatic carbocycles. The lowest BCUT2D eigenvalue weighted by Crippen LogP contribution is -2.32. The molecule has 22 heavy (non-hydrogen) atoms. The molecule has 0 unspecified atom stereocenters. The molecule has 2 saturated heterocycles. The Kier molecular flexibility index (Phi) is 6.49. The van der Waals surface area contributed by atoms with E-state index in [1.165, 1.54) is 11.3 Å². The number of rotatable bonds is 3. The van der Waals surface area contributed by atoms with Gasteiger partial charge in [-0.3, -0.25) is 4.79 Å². The lowest BCUT2D eigenvalue weighted by Gasteiger charge is -2.20. The minimum atomic E-state index is -2.49. The van der Waals surface area contributed by atoms with Gasteiger partial charge >= 0.3 is 0 Å². The summed E-state index contributed by atoms with van der Waals surface area (Å²) >= 11 is 1.73. The van der Waals surface area contributed by atoms with Crippen LogP contribution < -0.4 is 5.32 Å². The number of likely N-dealkylation sites (tertiary alicyclic amines) is 1. The lowest BCUT2D eigenvalue weighted by atomic mass is 9.92. The van der Waals surface area contributed by atoms with Crippen molar-refractivity contribution in [2.45, 2.75) is 23.5 Å². The first-order chi connectivity index (χ1) is 10.1. The minimum absolute atomic E-state index is 0. The number of fused-ring (bicyclic) bond motifs is 1. The van der Waals surface area contributed by atoms with Crippen LogP contribution in [0.15, 0.2) is 16.3 Å². The fourth-order valence-electron chi connectivity index (χ4n) is 3.21. The van der Waals surface area contributed by atoms with E-state index in [0.717, 1.165) is 39.0 Å². The van der Waals surface area contributed by atoms with E-state index in [1.54, 1.807) is 11.4 Å². The molecular formula is C14H19ClF2N2OS2. The van der Waals surface area contributed by atoms with Crippen molar-refractivity contribution in [2.24, 2.45) is 11.8 Å². The molecule has 0 saturated carbocycles. The highest BCUT2D eigenvalue weighted by Crippen LogP contribution is 2.34. The zero-order chi connectivity index (χ0) is 14.8. The summed E-state index contributed by atoms with van der Waals surface area (Å²) in [6, 6.07) is 1.62. The van der Waals surface area contributed by atoms with Crippen molar-refractivity contribution in [3.05, 3.63) is 16.3 Å². The van der Waals surface area contributed by atoms with E-state index in [4.69, 9.17) is 0 Å². The van der Waals surface area contributed by atoms with Crippen LogP contribution in [0.25, 0.3) is 0 Å². The van der Waals surface area contributed by atoms with Crippen LogP contribution in [-0.4, -0.2) is 42.7 Å². The van der Waals surface area contributed by atoms with E-state index in [-0.39, 0.29) is 18.3 Å². The number of thiophene rings is 1. The molecule has 3 nitrogen and oxygen atoms in total. The summed E-state index contributed by atoms with van der Waals surface area (Å²) in [6.07, 6.45) is 2.01. The first-order valence-corrected chi connectivity index (χ1v) is 8.93. The predicted octanol–water partition coefficient (Wildman–Crippen LogP) is 3.56. The number of hydrogen-bond acceptors (Lipinski definition) is 4. The molecule has 1 amide bonds. The summed E-state index contributed by atoms with van der Waals surface area (Å²) in [5, 5.41) is 5.12. The van der Waals surface area contributed by atoms with Gasteiger partial charge in [0.05, 0.1) is 0 Å². The molecule has 0 bridgehead atoms. The Labute approximate surface area is 143 Å². The Morgan fingerprint density at radius 1 is 1.32 bits per heavy atom. The van der Waals surface area contributed by atoms with Crippen molar-refractivity contribution in [1.29, 1.82) is 0 Å². The molecule has 1 aromatic heterocycles. The summed E-state index contributed by atoms with van der Waals surface area (Å²) < 4.78 is 25.1. The quantitative estimate of drug-likeness (QED) is 0.828. The Bertz CT molecular complexity index is 501. The number of alkyl halides is 2. The topological polar surface area (TPSA) is 32.3 Å². The van der Waals surface area contributed by atoms with Gasteiger partial charge in [-0.15, -0.1) is 23.7 Å². The number of hydrogen-bond donors (Lipinski definition) is 1. The predicted molar refractivity (Wildman–Crippen MR) is 88.4 cm³/mol. The molecule has 3 rings (SSSR count). The molecule has 2 aliphatic rings. The van der Waals surface area contributed by atoms with Crippen molar-refractivity contribution < 1.29 is 13.6 Å². The number of nitrogens with one attached hydrogen (secondary N) is 1. The monoisotopic (exact) mass is 368 g/mol. The van der Waals surface area contributed by atoms with Gasteiger partial charge in [0.2, 0.25) is 0 Å². The van der Waals surface area contributed by atoms with Gasteiger partial charge in [0.15, 0.2) is 0 Å². The minimum Gasteiger partial charge on any atom is -0.338 e. The number of amides is 1. The van der Waals surface area contributed by atoms with Crippen LogP contribution in [0.3, 0.4) is 0 Å². The number of carbonyl (C=O) groups is 1. The van der Waals surface area contributed by atoms with E-state index in [1.807, 2.05) is 4.90 Å². The third-order valence-corrected chi connectivity index (χ3v) is 6.15. The Hall–Kier alpha value is -0.370. The highest BCUT2D eigenvalue weighted by atomic mass is 35.5. The van der Waals surface area contributed by atoms with Crippen molar-refractivity contribution >= 4 is 41.4 Å². The molecule has 1 N–H and O–H groups in total. The first kappa shape index (κ1) is 18.0. The summed E-state index contributed by atoms with van der Waals surface area (Å²) in [7, 11) is 0. The summed E-state index contributed by atoms with van der Waals surface area (Å²) in [5.74, 6) is -1.26. The van der Waals surface area contributed by atoms with Gasteiger partial charge in [-0.2, -0.15) is 8.78 Å². The standard InChI is InChI=1S/C14H18F2N2OS2.ClH/c15-14(16)21-11-3-6-20-12(11)13(19)18-4-1-9-7-17-8-10(9)2-5-18;/h3,6,9-10,14,17H,1-2,4-5,7-8H2;1H/t9-,10+;. The Morgan fingerprint density at radius 3 is 2.55 bits per heavy atom. The maximum Gasteiger partial charge on any atom is 0.288 e. The van der Waals surface area contributed by atoms with Crippen molar-refractivity contribution in [3.8, 4) is 0 Å². The van der Waals surface area contributed by atoms with Gasteiger partial charge in [0.1, 0.15) is 4.88 Å². The van der Waals surface area contributed by atoms with Crippen LogP contribution in [0.1, 0.15) is 22.5 Å². The average molecular weight is 369 g/mol. The van der Waals surface area contributed by atoms with Crippen LogP contribution in [0.5, 0.6) is 0 Å². The average Bonchev–Trinajstić information content (AvgIpc) is 3.03. The zero-order valence-electron chi connectivity index (χ0n) is 12.0.